The molecule has 0 fully saturated rings. The Kier molecular flexibility index (Phi) is 8.18. The van der Waals surface area contributed by atoms with Crippen molar-refractivity contribution < 1.29 is 36.6 Å². The van der Waals surface area contributed by atoms with Gasteiger partial charge in [0.1, 0.15) is 11.6 Å². The highest BCUT2D eigenvalue weighted by atomic mass is 19.4. The first-order valence-corrected chi connectivity index (χ1v) is 11.9. The molecule has 0 radical (unpaired) electrons. The number of aromatic nitrogens is 2. The van der Waals surface area contributed by atoms with E-state index in [2.05, 4.69) is 9.97 Å². The Morgan fingerprint density at radius 1 is 0.846 bits per heavy atom. The molecule has 4 aromatic rings. The highest BCUT2D eigenvalue weighted by Crippen LogP contribution is 2.33. The molecule has 0 aliphatic rings. The van der Waals surface area contributed by atoms with Crippen LogP contribution < -0.4 is 5.32 Å². The Morgan fingerprint density at radius 2 is 1.49 bits per heavy atom. The minimum Gasteiger partial charge on any atom is -0.481 e. The van der Waals surface area contributed by atoms with Gasteiger partial charge in [0, 0.05) is 17.5 Å². The fraction of sp³-hybridized carbons (Fsp3) is 0.214. The van der Waals surface area contributed by atoms with Gasteiger partial charge >= 0.3 is 12.1 Å². The maximum absolute atomic E-state index is 13.7. The minimum absolute atomic E-state index is 0.0361. The van der Waals surface area contributed by atoms with Crippen molar-refractivity contribution in [2.45, 2.75) is 37.9 Å². The number of fused-ring (bicyclic) bond motifs is 1. The van der Waals surface area contributed by atoms with Gasteiger partial charge in [0.25, 0.3) is 5.91 Å². The lowest BCUT2D eigenvalue weighted by molar-refractivity contribution is -0.155. The number of halogens is 5. The number of carbonyl (C=O) groups is 2. The molecule has 3 aromatic carbocycles. The lowest BCUT2D eigenvalue weighted by Crippen LogP contribution is -2.38. The van der Waals surface area contributed by atoms with Gasteiger partial charge in [0.2, 0.25) is 0 Å². The molecule has 2 N–H and O–H groups in total. The van der Waals surface area contributed by atoms with Crippen molar-refractivity contribution in [3.63, 3.8) is 0 Å². The second kappa shape index (κ2) is 11.5. The minimum atomic E-state index is -4.84. The van der Waals surface area contributed by atoms with Crippen molar-refractivity contribution in [3.8, 4) is 11.3 Å². The molecule has 0 saturated carbocycles. The summed E-state index contributed by atoms with van der Waals surface area (Å²) in [5.41, 5.74) is 1.66. The molecule has 4 rings (SSSR count). The van der Waals surface area contributed by atoms with E-state index in [1.54, 1.807) is 0 Å². The van der Waals surface area contributed by atoms with Gasteiger partial charge in [0.15, 0.2) is 6.04 Å². The number of benzene rings is 3. The van der Waals surface area contributed by atoms with Crippen molar-refractivity contribution in [1.29, 1.82) is 0 Å². The first kappa shape index (κ1) is 27.6. The topological polar surface area (TPSA) is 92.2 Å². The monoisotopic (exact) mass is 543 g/mol. The van der Waals surface area contributed by atoms with E-state index in [-0.39, 0.29) is 23.1 Å². The van der Waals surface area contributed by atoms with Crippen LogP contribution in [0.2, 0.25) is 0 Å². The van der Waals surface area contributed by atoms with Crippen LogP contribution in [0.15, 0.2) is 66.7 Å². The van der Waals surface area contributed by atoms with Crippen LogP contribution >= 0.6 is 0 Å². The largest absolute Gasteiger partial charge is 0.481 e. The van der Waals surface area contributed by atoms with Crippen LogP contribution in [-0.2, 0) is 11.2 Å². The van der Waals surface area contributed by atoms with E-state index in [1.807, 2.05) is 5.32 Å². The number of rotatable bonds is 9. The molecule has 202 valence electrons. The van der Waals surface area contributed by atoms with Gasteiger partial charge in [-0.05, 0) is 79.4 Å². The Balaban J connectivity index is 1.66. The summed E-state index contributed by atoms with van der Waals surface area (Å²) in [5.74, 6) is -3.11. The third-order valence-corrected chi connectivity index (χ3v) is 5.98. The lowest BCUT2D eigenvalue weighted by Gasteiger charge is -2.22. The van der Waals surface area contributed by atoms with Crippen LogP contribution in [-0.4, -0.2) is 33.1 Å². The van der Waals surface area contributed by atoms with Crippen LogP contribution in [0.1, 0.15) is 46.9 Å². The van der Waals surface area contributed by atoms with Gasteiger partial charge < -0.3 is 10.4 Å². The first-order chi connectivity index (χ1) is 18.5. The number of alkyl halides is 3. The van der Waals surface area contributed by atoms with E-state index in [0.29, 0.717) is 41.7 Å². The standard InChI is InChI=1S/C28H22F5N3O3/c29-19-10-5-16(6-11-19)25-22(3-1-2-4-24(37)38)34-23-15-18(9-14-21(23)35-25)27(39)36-26(28(31,32)33)17-7-12-20(30)13-8-17/h5-15,26H,1-4H2,(H,36,39)(H,37,38)/t26-/m0/s1. The van der Waals surface area contributed by atoms with Crippen molar-refractivity contribution >= 4 is 22.9 Å². The number of nitrogens with zero attached hydrogens (tertiary/aromatic N) is 2. The van der Waals surface area contributed by atoms with E-state index in [9.17, 15) is 31.5 Å². The van der Waals surface area contributed by atoms with Crippen molar-refractivity contribution in [3.05, 3.63) is 95.2 Å². The fourth-order valence-corrected chi connectivity index (χ4v) is 4.04. The van der Waals surface area contributed by atoms with E-state index in [0.717, 1.165) is 24.3 Å². The SMILES string of the molecule is O=C(O)CCCCc1nc2cc(C(=O)N[C@@H](c3ccc(F)cc3)C(F)(F)F)ccc2nc1-c1ccc(F)cc1. The summed E-state index contributed by atoms with van der Waals surface area (Å²) in [6.07, 6.45) is -3.70. The molecule has 0 bridgehead atoms. The summed E-state index contributed by atoms with van der Waals surface area (Å²) < 4.78 is 67.9. The molecule has 1 atom stereocenters. The smallest absolute Gasteiger partial charge is 0.412 e. The maximum Gasteiger partial charge on any atom is 0.412 e. The van der Waals surface area contributed by atoms with Gasteiger partial charge in [-0.15, -0.1) is 0 Å². The quantitative estimate of drug-likeness (QED) is 0.188. The summed E-state index contributed by atoms with van der Waals surface area (Å²) in [4.78, 5) is 32.9. The first-order valence-electron chi connectivity index (χ1n) is 11.9. The number of aryl methyl sites for hydroxylation is 1. The number of hydrogen-bond acceptors (Lipinski definition) is 4. The number of carboxylic acid groups (broad SMARTS) is 1. The zero-order chi connectivity index (χ0) is 28.2. The molecule has 6 nitrogen and oxygen atoms in total. The molecule has 1 amide bonds. The number of nitrogens with one attached hydrogen (secondary N) is 1. The van der Waals surface area contributed by atoms with Crippen molar-refractivity contribution in [2.24, 2.45) is 0 Å². The second-order valence-electron chi connectivity index (χ2n) is 8.83. The third kappa shape index (κ3) is 6.92. The zero-order valence-corrected chi connectivity index (χ0v) is 20.3. The normalized spacial score (nSPS) is 12.3. The summed E-state index contributed by atoms with van der Waals surface area (Å²) in [6.45, 7) is 0. The molecule has 1 aromatic heterocycles. The number of carboxylic acids is 1. The van der Waals surface area contributed by atoms with Crippen LogP contribution in [0.4, 0.5) is 22.0 Å². The average molecular weight is 543 g/mol. The summed E-state index contributed by atoms with van der Waals surface area (Å²) in [6, 6.07) is 10.9. The number of amides is 1. The van der Waals surface area contributed by atoms with Crippen LogP contribution in [0, 0.1) is 11.6 Å². The Morgan fingerprint density at radius 3 is 2.10 bits per heavy atom. The molecule has 11 heteroatoms. The highest BCUT2D eigenvalue weighted by molar-refractivity contribution is 5.97. The molecular weight excluding hydrogens is 521 g/mol. The van der Waals surface area contributed by atoms with E-state index >= 15 is 0 Å². The van der Waals surface area contributed by atoms with E-state index in [1.165, 1.54) is 42.5 Å². The Labute approximate surface area is 219 Å². The summed E-state index contributed by atoms with van der Waals surface area (Å²) >= 11 is 0. The molecular formula is C28H22F5N3O3. The Hall–Kier alpha value is -4.41. The predicted octanol–water partition coefficient (Wildman–Crippen LogP) is 6.41. The van der Waals surface area contributed by atoms with Gasteiger partial charge in [-0.1, -0.05) is 12.1 Å². The van der Waals surface area contributed by atoms with Crippen molar-refractivity contribution in [2.75, 3.05) is 0 Å². The van der Waals surface area contributed by atoms with Gasteiger partial charge in [-0.3, -0.25) is 9.59 Å². The second-order valence-corrected chi connectivity index (χ2v) is 8.83. The number of unbranched alkanes of at least 4 members (excludes halogenated alkanes) is 1. The molecule has 1 heterocycles. The van der Waals surface area contributed by atoms with Crippen LogP contribution in [0.3, 0.4) is 0 Å². The number of hydrogen-bond donors (Lipinski definition) is 2. The fourth-order valence-electron chi connectivity index (χ4n) is 4.04. The van der Waals surface area contributed by atoms with E-state index in [4.69, 9.17) is 5.11 Å². The lowest BCUT2D eigenvalue weighted by atomic mass is 10.0. The third-order valence-electron chi connectivity index (χ3n) is 5.98. The molecule has 39 heavy (non-hydrogen) atoms. The van der Waals surface area contributed by atoms with Crippen LogP contribution in [0.25, 0.3) is 22.3 Å². The van der Waals surface area contributed by atoms with Gasteiger partial charge in [-0.25, -0.2) is 18.7 Å². The molecule has 0 aliphatic carbocycles. The molecule has 0 aliphatic heterocycles. The molecule has 0 saturated heterocycles. The van der Waals surface area contributed by atoms with Gasteiger partial charge in [-0.2, -0.15) is 13.2 Å². The van der Waals surface area contributed by atoms with Crippen molar-refractivity contribution in [1.82, 2.24) is 15.3 Å². The zero-order valence-electron chi connectivity index (χ0n) is 20.3. The van der Waals surface area contributed by atoms with E-state index < -0.39 is 35.7 Å². The predicted molar refractivity (Wildman–Crippen MR) is 133 cm³/mol. The summed E-state index contributed by atoms with van der Waals surface area (Å²) in [5, 5.41) is 10.9. The van der Waals surface area contributed by atoms with Gasteiger partial charge in [0.05, 0.1) is 22.4 Å². The average Bonchev–Trinajstić information content (AvgIpc) is 2.89. The van der Waals surface area contributed by atoms with Crippen LogP contribution in [0.5, 0.6) is 0 Å². The number of aliphatic carboxylic acids is 1. The highest BCUT2D eigenvalue weighted by Gasteiger charge is 2.42. The molecule has 0 spiro atoms. The number of carbonyl (C=O) groups excluding carboxylic acids is 1. The molecule has 0 unspecified atom stereocenters. The Bertz CT molecular complexity index is 1490. The summed E-state index contributed by atoms with van der Waals surface area (Å²) in [7, 11) is 0. The maximum atomic E-state index is 13.7.